The monoisotopic (exact) mass is 1390 g/mol. The lowest BCUT2D eigenvalue weighted by atomic mass is 10.0. The number of unbranched alkanes of at least 4 members (excludes halogenated alkanes) is 3. The Hall–Kier alpha value is -9.90. The summed E-state index contributed by atoms with van der Waals surface area (Å²) in [4.78, 5) is 221. The number of aliphatic imine (C=N–C) groups is 1. The number of carbonyl (C=O) groups is 17. The molecule has 8 atom stereocenters. The van der Waals surface area contributed by atoms with Crippen LogP contribution in [0.2, 0.25) is 0 Å². The Morgan fingerprint density at radius 1 is 0.402 bits per heavy atom. The molecule has 0 spiro atoms. The molecule has 0 unspecified atom stereocenters. The molecule has 0 saturated carbocycles. The minimum atomic E-state index is -1.90. The highest BCUT2D eigenvalue weighted by Gasteiger charge is 2.33. The number of aliphatic carboxylic acids is 2. The molecule has 0 saturated heterocycles. The molecule has 0 aliphatic carbocycles. The van der Waals surface area contributed by atoms with Crippen molar-refractivity contribution in [2.24, 2.45) is 39.6 Å². The zero-order chi connectivity index (χ0) is 73.6. The van der Waals surface area contributed by atoms with Crippen LogP contribution >= 0.6 is 0 Å². The molecule has 15 amide bonds. The number of amides is 15. The summed E-state index contributed by atoms with van der Waals surface area (Å²) in [6.45, 7) is 0.929. The van der Waals surface area contributed by atoms with Crippen LogP contribution in [0.15, 0.2) is 4.99 Å². The number of carbonyl (C=O) groups excluding carboxylic acids is 15. The first kappa shape index (κ1) is 87.1. The largest absolute Gasteiger partial charge is 0.481 e. The van der Waals surface area contributed by atoms with Crippen molar-refractivity contribution in [1.82, 2.24) is 79.8 Å². The van der Waals surface area contributed by atoms with Gasteiger partial charge in [0.2, 0.25) is 88.6 Å². The maximum Gasteiger partial charge on any atom is 0.325 e. The van der Waals surface area contributed by atoms with Gasteiger partial charge in [0.25, 0.3) is 0 Å². The maximum atomic E-state index is 13.8. The molecule has 28 N–H and O–H groups in total. The van der Waals surface area contributed by atoms with Crippen molar-refractivity contribution in [2.45, 2.75) is 160 Å². The molecular formula is C56H99N21O20. The molecule has 0 rings (SSSR count). The Morgan fingerprint density at radius 3 is 1.15 bits per heavy atom. The van der Waals surface area contributed by atoms with Gasteiger partial charge in [-0.05, 0) is 103 Å². The number of aliphatic hydroxyl groups excluding tert-OH is 1. The molecule has 41 heteroatoms. The predicted molar refractivity (Wildman–Crippen MR) is 343 cm³/mol. The van der Waals surface area contributed by atoms with E-state index in [4.69, 9.17) is 38.9 Å². The van der Waals surface area contributed by atoms with E-state index in [1.165, 1.54) is 13.8 Å². The van der Waals surface area contributed by atoms with E-state index in [0.29, 0.717) is 25.7 Å². The lowest BCUT2D eigenvalue weighted by Gasteiger charge is -2.25. The van der Waals surface area contributed by atoms with Crippen LogP contribution in [0.1, 0.15) is 111 Å². The van der Waals surface area contributed by atoms with Gasteiger partial charge in [-0.1, -0.05) is 13.8 Å². The molecule has 0 aromatic carbocycles. The topological polar surface area (TPSA) is 674 Å². The molecule has 0 aromatic rings. The summed E-state index contributed by atoms with van der Waals surface area (Å²) in [5.41, 5.74) is 27.4. The second-order valence-electron chi connectivity index (χ2n) is 22.4. The molecule has 41 nitrogen and oxygen atoms in total. The summed E-state index contributed by atoms with van der Waals surface area (Å²) < 4.78 is 0. The fourth-order valence-electron chi connectivity index (χ4n) is 8.30. The van der Waals surface area contributed by atoms with Crippen molar-refractivity contribution in [2.75, 3.05) is 78.6 Å². The highest BCUT2D eigenvalue weighted by Crippen LogP contribution is 2.09. The number of guanidine groups is 1. The van der Waals surface area contributed by atoms with Gasteiger partial charge in [-0.25, -0.2) is 0 Å². The van der Waals surface area contributed by atoms with Gasteiger partial charge in [-0.3, -0.25) is 86.5 Å². The van der Waals surface area contributed by atoms with E-state index >= 15 is 0 Å². The lowest BCUT2D eigenvalue weighted by Crippen LogP contribution is -2.58. The van der Waals surface area contributed by atoms with E-state index < -0.39 is 202 Å². The number of carboxylic acid groups (broad SMARTS) is 2. The normalized spacial score (nSPS) is 13.2. The average Bonchev–Trinajstić information content (AvgIpc) is 0.912. The zero-order valence-electron chi connectivity index (χ0n) is 55.0. The van der Waals surface area contributed by atoms with Crippen LogP contribution in [0.25, 0.3) is 0 Å². The van der Waals surface area contributed by atoms with Crippen LogP contribution in [-0.2, 0) is 81.5 Å². The van der Waals surface area contributed by atoms with Crippen LogP contribution in [0, 0.1) is 5.92 Å². The molecule has 0 fully saturated rings. The fraction of sp³-hybridized carbons (Fsp3) is 0.679. The summed E-state index contributed by atoms with van der Waals surface area (Å²) in [5.74, 6) is -16.5. The van der Waals surface area contributed by atoms with Gasteiger partial charge in [0, 0.05) is 20.0 Å². The third kappa shape index (κ3) is 42.2. The van der Waals surface area contributed by atoms with E-state index in [1.54, 1.807) is 13.8 Å². The van der Waals surface area contributed by atoms with Gasteiger partial charge < -0.3 is 124 Å². The molecule has 0 heterocycles. The van der Waals surface area contributed by atoms with E-state index in [1.807, 2.05) is 0 Å². The Labute approximate surface area is 559 Å². The van der Waals surface area contributed by atoms with Crippen molar-refractivity contribution in [3.05, 3.63) is 0 Å². The van der Waals surface area contributed by atoms with Crippen LogP contribution in [-0.4, -0.2) is 249 Å². The van der Waals surface area contributed by atoms with Gasteiger partial charge in [0.05, 0.1) is 58.8 Å². The van der Waals surface area contributed by atoms with E-state index in [-0.39, 0.29) is 95.3 Å². The number of nitrogens with one attached hydrogen (secondary N) is 15. The number of rotatable bonds is 51. The smallest absolute Gasteiger partial charge is 0.325 e. The quantitative estimate of drug-likeness (QED) is 0.0153. The first-order valence-electron chi connectivity index (χ1n) is 31.2. The molecule has 0 aromatic heterocycles. The summed E-state index contributed by atoms with van der Waals surface area (Å²) in [6.07, 6.45) is 0.731. The van der Waals surface area contributed by atoms with Crippen molar-refractivity contribution in [3.8, 4) is 0 Å². The summed E-state index contributed by atoms with van der Waals surface area (Å²) in [6, 6.07) is -11.2. The van der Waals surface area contributed by atoms with Gasteiger partial charge in [-0.2, -0.15) is 0 Å². The number of hydrogen-bond acceptors (Lipinski definition) is 22. The van der Waals surface area contributed by atoms with Crippen LogP contribution < -0.4 is 108 Å². The fourth-order valence-corrected chi connectivity index (χ4v) is 8.30. The van der Waals surface area contributed by atoms with E-state index in [0.717, 1.165) is 0 Å². The lowest BCUT2D eigenvalue weighted by molar-refractivity contribution is -0.141. The minimum Gasteiger partial charge on any atom is -0.481 e. The molecule has 0 aliphatic rings. The predicted octanol–water partition coefficient (Wildman–Crippen LogP) is -11.2. The maximum absolute atomic E-state index is 13.8. The van der Waals surface area contributed by atoms with Gasteiger partial charge in [-0.15, -0.1) is 0 Å². The summed E-state index contributed by atoms with van der Waals surface area (Å²) in [5, 5.41) is 62.9. The standard InChI is InChI=1S/C56H99N21O20/c1-30(2)20-38(52(93)70-27-45(85)73-34(12-5-8-16-57)49(90)67-22-40(80)64-24-42(82)71-31(3)55(96)97)75-46(86)28-69-50(91)35(13-6-9-17-58)72-43(83)25-65-41(81)23-68-51(92)36(14-7-10-18-62-32(4)79)76-54(95)39(21-47(87)88)77-53(94)37(15-11-19-63-56(60)61)74-44(84)26-66-48(89)33(59)29-78/h30-31,33-39,78H,5-29,57-59H2,1-4H3,(H,62,79)(H,64,80)(H,65,81)(H,66,89)(H,67,90)(H,68,92)(H,69,91)(H,70,93)(H,71,82)(H,72,83)(H,73,85)(H,74,84)(H,75,86)(H,76,95)(H,77,94)(H,87,88)(H,96,97)(H4,60,61,63)/t31-,33-,34-,35-,36-,37-,38-,39-/m0/s1. The third-order valence-electron chi connectivity index (χ3n) is 13.4. The SMILES string of the molecule is CC(=O)NCCCC[C@H](NC(=O)[C@H](CC(=O)O)NC(=O)[C@H](CCCN=C(N)N)NC(=O)CNC(=O)[C@@H](N)CO)C(=O)NCC(=O)NCC(=O)N[C@@H](CCCCN)C(=O)NCC(=O)N[C@@H](CC(C)C)C(=O)NCC(=O)N[C@@H](CCCCN)C(=O)NCC(=O)NCC(=O)N[C@@H](C)C(=O)O. The molecule has 0 bridgehead atoms. The van der Waals surface area contributed by atoms with Crippen LogP contribution in [0.5, 0.6) is 0 Å². The highest BCUT2D eigenvalue weighted by atomic mass is 16.4. The summed E-state index contributed by atoms with van der Waals surface area (Å²) >= 11 is 0. The number of nitrogens with zero attached hydrogens (tertiary/aromatic N) is 1. The highest BCUT2D eigenvalue weighted by molar-refractivity contribution is 5.99. The molecule has 548 valence electrons. The van der Waals surface area contributed by atoms with Crippen molar-refractivity contribution in [1.29, 1.82) is 0 Å². The van der Waals surface area contributed by atoms with Gasteiger partial charge in [0.1, 0.15) is 48.3 Å². The van der Waals surface area contributed by atoms with Gasteiger partial charge >= 0.3 is 11.9 Å². The zero-order valence-corrected chi connectivity index (χ0v) is 55.0. The Bertz CT molecular complexity index is 2700. The first-order valence-corrected chi connectivity index (χ1v) is 31.2. The Balaban J connectivity index is 5.96. The molecular weight excluding hydrogens is 1290 g/mol. The Morgan fingerprint density at radius 2 is 0.753 bits per heavy atom. The molecule has 97 heavy (non-hydrogen) atoms. The van der Waals surface area contributed by atoms with E-state index in [2.05, 4.69) is 84.7 Å². The second kappa shape index (κ2) is 49.6. The van der Waals surface area contributed by atoms with Gasteiger partial charge in [0.15, 0.2) is 5.96 Å². The van der Waals surface area contributed by atoms with E-state index in [9.17, 15) is 86.6 Å². The van der Waals surface area contributed by atoms with Crippen LogP contribution in [0.4, 0.5) is 0 Å². The van der Waals surface area contributed by atoms with Crippen molar-refractivity contribution < 1.29 is 96.8 Å². The number of carboxylic acids is 2. The average molecular weight is 1390 g/mol. The summed E-state index contributed by atoms with van der Waals surface area (Å²) in [7, 11) is 0. The number of nitrogens with two attached hydrogens (primary N) is 5. The van der Waals surface area contributed by atoms with Crippen molar-refractivity contribution >= 4 is 107 Å². The third-order valence-corrected chi connectivity index (χ3v) is 13.4. The first-order chi connectivity index (χ1) is 45.7. The minimum absolute atomic E-state index is 0.000841. The number of hydrogen-bond donors (Lipinski definition) is 23. The second-order valence-corrected chi connectivity index (χ2v) is 22.4. The van der Waals surface area contributed by atoms with Crippen LogP contribution in [0.3, 0.4) is 0 Å². The molecule has 0 aliphatic heterocycles. The Kier molecular flexibility index (Phi) is 44.6. The molecule has 0 radical (unpaired) electrons. The van der Waals surface area contributed by atoms with Crippen molar-refractivity contribution in [3.63, 3.8) is 0 Å². The number of aliphatic hydroxyl groups is 1.